The van der Waals surface area contributed by atoms with E-state index in [2.05, 4.69) is 40.6 Å². The molecule has 1 aromatic heterocycles. The van der Waals surface area contributed by atoms with Crippen molar-refractivity contribution >= 4 is 16.6 Å². The first kappa shape index (κ1) is 13.6. The van der Waals surface area contributed by atoms with E-state index in [1.165, 1.54) is 17.5 Å². The number of pyridine rings is 1. The number of nitrogens with zero attached hydrogens (tertiary/aromatic N) is 2. The highest BCUT2D eigenvalue weighted by Crippen LogP contribution is 2.61. The molecular weight excluding hydrogens is 294 g/mol. The van der Waals surface area contributed by atoms with Gasteiger partial charge in [0.05, 0.1) is 16.8 Å². The lowest BCUT2D eigenvalue weighted by molar-refractivity contribution is 0.720. The van der Waals surface area contributed by atoms with Crippen LogP contribution >= 0.6 is 0 Å². The highest BCUT2D eigenvalue weighted by atomic mass is 14.9. The van der Waals surface area contributed by atoms with E-state index in [-0.39, 0.29) is 0 Å². The average molecular weight is 311 g/mol. The molecule has 1 fully saturated rings. The van der Waals surface area contributed by atoms with Crippen LogP contribution in [0.3, 0.4) is 0 Å². The van der Waals surface area contributed by atoms with E-state index in [4.69, 9.17) is 0 Å². The van der Waals surface area contributed by atoms with Gasteiger partial charge in [-0.15, -0.1) is 0 Å². The van der Waals surface area contributed by atoms with Crippen LogP contribution in [-0.4, -0.2) is 11.5 Å². The van der Waals surface area contributed by atoms with Gasteiger partial charge in [0.25, 0.3) is 0 Å². The summed E-state index contributed by atoms with van der Waals surface area (Å²) in [4.78, 5) is 4.38. The zero-order valence-corrected chi connectivity index (χ0v) is 13.2. The molecule has 0 radical (unpaired) electrons. The van der Waals surface area contributed by atoms with Gasteiger partial charge < -0.3 is 5.32 Å². The number of benzene rings is 2. The molecule has 0 saturated heterocycles. The Kier molecular flexibility index (Phi) is 2.87. The molecule has 0 bridgehead atoms. The summed E-state index contributed by atoms with van der Waals surface area (Å²) in [5.74, 6) is 2.15. The van der Waals surface area contributed by atoms with Crippen LogP contribution in [0.1, 0.15) is 22.6 Å². The molecule has 116 valence electrons. The van der Waals surface area contributed by atoms with E-state index in [0.717, 1.165) is 29.1 Å². The van der Waals surface area contributed by atoms with Gasteiger partial charge in [-0.1, -0.05) is 42.5 Å². The van der Waals surface area contributed by atoms with Gasteiger partial charge in [0.1, 0.15) is 6.07 Å². The third kappa shape index (κ3) is 1.93. The molecule has 0 aliphatic heterocycles. The van der Waals surface area contributed by atoms with Gasteiger partial charge in [-0.2, -0.15) is 5.26 Å². The first-order valence-corrected chi connectivity index (χ1v) is 8.46. The minimum atomic E-state index is 0.625. The van der Waals surface area contributed by atoms with Gasteiger partial charge >= 0.3 is 0 Å². The predicted molar refractivity (Wildman–Crippen MR) is 94.8 cm³/mol. The third-order valence-corrected chi connectivity index (χ3v) is 5.61. The van der Waals surface area contributed by atoms with Gasteiger partial charge in [0.15, 0.2) is 0 Å². The summed E-state index contributed by atoms with van der Waals surface area (Å²) >= 11 is 0. The Bertz CT molecular complexity index is 986. The van der Waals surface area contributed by atoms with E-state index in [0.29, 0.717) is 17.4 Å². The van der Waals surface area contributed by atoms with Gasteiger partial charge in [0.2, 0.25) is 0 Å². The molecule has 1 N–H and O–H groups in total. The molecule has 3 nitrogen and oxygen atoms in total. The quantitative estimate of drug-likeness (QED) is 0.792. The third-order valence-electron chi connectivity index (χ3n) is 5.61. The molecular formula is C21H17N3. The van der Waals surface area contributed by atoms with Gasteiger partial charge in [-0.3, -0.25) is 4.98 Å². The van der Waals surface area contributed by atoms with Crippen molar-refractivity contribution in [2.75, 3.05) is 11.9 Å². The molecule has 24 heavy (non-hydrogen) atoms. The van der Waals surface area contributed by atoms with E-state index in [9.17, 15) is 5.26 Å². The monoisotopic (exact) mass is 311 g/mol. The summed E-state index contributed by atoms with van der Waals surface area (Å²) in [6, 6.07) is 19.1. The lowest BCUT2D eigenvalue weighted by Crippen LogP contribution is -2.10. The van der Waals surface area contributed by atoms with Crippen LogP contribution in [0.25, 0.3) is 10.9 Å². The smallest absolute Gasteiger partial charge is 0.103 e. The molecule has 3 heteroatoms. The summed E-state index contributed by atoms with van der Waals surface area (Å²) < 4.78 is 0. The van der Waals surface area contributed by atoms with E-state index in [1.807, 2.05) is 24.3 Å². The van der Waals surface area contributed by atoms with Gasteiger partial charge in [-0.05, 0) is 41.4 Å². The van der Waals surface area contributed by atoms with Crippen molar-refractivity contribution in [3.63, 3.8) is 0 Å². The fourth-order valence-corrected chi connectivity index (χ4v) is 4.40. The molecule has 3 aromatic rings. The number of anilines is 1. The van der Waals surface area contributed by atoms with Crippen molar-refractivity contribution in [2.24, 2.45) is 11.8 Å². The number of nitrogens with one attached hydrogen (secondary N) is 1. The van der Waals surface area contributed by atoms with Crippen molar-refractivity contribution in [1.29, 1.82) is 5.26 Å². The summed E-state index contributed by atoms with van der Waals surface area (Å²) in [5, 5.41) is 14.0. The average Bonchev–Trinajstić information content (AvgIpc) is 3.17. The Morgan fingerprint density at radius 1 is 1.12 bits per heavy atom. The number of fused-ring (bicyclic) bond motifs is 4. The van der Waals surface area contributed by atoms with Gasteiger partial charge in [0, 0.05) is 18.1 Å². The fourth-order valence-electron chi connectivity index (χ4n) is 4.40. The predicted octanol–water partition coefficient (Wildman–Crippen LogP) is 4.10. The second-order valence-electron chi connectivity index (χ2n) is 6.81. The van der Waals surface area contributed by atoms with Crippen molar-refractivity contribution in [3.8, 4) is 6.07 Å². The maximum Gasteiger partial charge on any atom is 0.103 e. The Balaban J connectivity index is 1.41. The van der Waals surface area contributed by atoms with Crippen LogP contribution in [0.5, 0.6) is 0 Å². The maximum atomic E-state index is 9.42. The lowest BCUT2D eigenvalue weighted by Gasteiger charge is -2.13. The van der Waals surface area contributed by atoms with Crippen LogP contribution in [0.15, 0.2) is 54.7 Å². The Morgan fingerprint density at radius 3 is 2.88 bits per heavy atom. The first-order chi connectivity index (χ1) is 11.9. The van der Waals surface area contributed by atoms with Crippen molar-refractivity contribution < 1.29 is 0 Å². The SMILES string of the molecule is N#Cc1cnc2ccccc2c1NCC1C2Cc3ccccc3C12. The normalized spacial score (nSPS) is 23.4. The number of nitriles is 1. The van der Waals surface area contributed by atoms with E-state index < -0.39 is 0 Å². The zero-order valence-electron chi connectivity index (χ0n) is 13.2. The van der Waals surface area contributed by atoms with E-state index in [1.54, 1.807) is 6.20 Å². The number of rotatable bonds is 3. The standard InChI is InChI=1S/C21H17N3/c22-10-14-11-23-19-8-4-3-7-16(19)21(14)24-12-18-17-9-13-5-1-2-6-15(13)20(17)18/h1-8,11,17-18,20H,9,12H2,(H,23,24). The molecule has 2 aliphatic carbocycles. The van der Waals surface area contributed by atoms with Crippen LogP contribution in [0.2, 0.25) is 0 Å². The molecule has 3 unspecified atom stereocenters. The highest BCUT2D eigenvalue weighted by Gasteiger charge is 2.54. The molecule has 2 aromatic carbocycles. The van der Waals surface area contributed by atoms with Gasteiger partial charge in [-0.25, -0.2) is 0 Å². The summed E-state index contributed by atoms with van der Waals surface area (Å²) in [7, 11) is 0. The van der Waals surface area contributed by atoms with Crippen LogP contribution < -0.4 is 5.32 Å². The van der Waals surface area contributed by atoms with Crippen molar-refractivity contribution in [3.05, 3.63) is 71.4 Å². The number of hydrogen-bond acceptors (Lipinski definition) is 3. The molecule has 2 aliphatic rings. The van der Waals surface area contributed by atoms with Crippen LogP contribution in [0, 0.1) is 23.2 Å². The highest BCUT2D eigenvalue weighted by molar-refractivity contribution is 5.93. The molecule has 0 spiro atoms. The molecule has 3 atom stereocenters. The van der Waals surface area contributed by atoms with E-state index >= 15 is 0 Å². The Hall–Kier alpha value is -2.86. The van der Waals surface area contributed by atoms with Crippen LogP contribution in [0.4, 0.5) is 5.69 Å². The Labute approximate surface area is 141 Å². The summed E-state index contributed by atoms with van der Waals surface area (Å²) in [5.41, 5.74) is 5.55. The van der Waals surface area contributed by atoms with Crippen molar-refractivity contribution in [2.45, 2.75) is 12.3 Å². The lowest BCUT2D eigenvalue weighted by atomic mass is 10.0. The minimum Gasteiger partial charge on any atom is -0.383 e. The van der Waals surface area contributed by atoms with Crippen molar-refractivity contribution in [1.82, 2.24) is 4.98 Å². The maximum absolute atomic E-state index is 9.42. The Morgan fingerprint density at radius 2 is 1.96 bits per heavy atom. The molecule has 5 rings (SSSR count). The van der Waals surface area contributed by atoms with Crippen LogP contribution in [-0.2, 0) is 6.42 Å². The zero-order chi connectivity index (χ0) is 16.1. The summed E-state index contributed by atoms with van der Waals surface area (Å²) in [6.45, 7) is 0.923. The largest absolute Gasteiger partial charge is 0.383 e. The second kappa shape index (κ2) is 5.07. The second-order valence-corrected chi connectivity index (χ2v) is 6.81. The fraction of sp³-hybridized carbons (Fsp3) is 0.238. The number of para-hydroxylation sites is 1. The number of hydrogen-bond donors (Lipinski definition) is 1. The molecule has 1 heterocycles. The summed E-state index contributed by atoms with van der Waals surface area (Å²) in [6.07, 6.45) is 2.88. The number of aromatic nitrogens is 1. The first-order valence-electron chi connectivity index (χ1n) is 8.46. The molecule has 0 amide bonds. The minimum absolute atomic E-state index is 0.625. The molecule has 1 saturated carbocycles. The topological polar surface area (TPSA) is 48.7 Å².